The lowest BCUT2D eigenvalue weighted by Crippen LogP contribution is -2.52. The number of hydrogen-bond donors (Lipinski definition) is 1. The molecule has 30 heavy (non-hydrogen) atoms. The number of Topliss-reactive ketones (excluding diaryl/α,β-unsaturated/α-hetero) is 1. The third-order valence-electron chi connectivity index (χ3n) is 6.42. The van der Waals surface area contributed by atoms with E-state index in [1.165, 1.54) is 0 Å². The first-order chi connectivity index (χ1) is 14.3. The van der Waals surface area contributed by atoms with Crippen molar-refractivity contribution in [1.82, 2.24) is 15.1 Å². The summed E-state index contributed by atoms with van der Waals surface area (Å²) in [4.78, 5) is 27.7. The Kier molecular flexibility index (Phi) is 4.36. The maximum Gasteiger partial charge on any atom is 0.253 e. The van der Waals surface area contributed by atoms with E-state index in [4.69, 9.17) is 16.3 Å². The zero-order chi connectivity index (χ0) is 21.0. The average Bonchev–Trinajstić information content (AvgIpc) is 3.19. The first-order valence-electron chi connectivity index (χ1n) is 10.1. The maximum absolute atomic E-state index is 13.1. The number of ether oxygens (including phenoxy) is 1. The quantitative estimate of drug-likeness (QED) is 0.626. The van der Waals surface area contributed by atoms with E-state index in [-0.39, 0.29) is 11.7 Å². The molecule has 3 aromatic rings. The molecule has 2 aliphatic heterocycles. The standard InChI is InChI=1S/C23H22ClN3O3/c1-13-7-17-19(28)11-23(30-20(17)8-14(13)2)3-5-27(6-4-23)22(29)15-9-16-12-25-26-21(16)18(24)10-15/h7-10,12H,3-6,11H2,1-2H3,(H,25,26). The molecule has 0 bridgehead atoms. The van der Waals surface area contributed by atoms with Gasteiger partial charge in [-0.15, -0.1) is 0 Å². The van der Waals surface area contributed by atoms with Crippen LogP contribution in [-0.2, 0) is 0 Å². The van der Waals surface area contributed by atoms with Crippen LogP contribution >= 0.6 is 11.6 Å². The fraction of sp³-hybridized carbons (Fsp3) is 0.348. The number of benzene rings is 2. The number of piperidine rings is 1. The number of likely N-dealkylation sites (tertiary alicyclic amines) is 1. The minimum atomic E-state index is -0.533. The highest BCUT2D eigenvalue weighted by Crippen LogP contribution is 2.40. The van der Waals surface area contributed by atoms with Crippen LogP contribution in [-0.4, -0.2) is 45.5 Å². The molecule has 1 N–H and O–H groups in total. The van der Waals surface area contributed by atoms with Gasteiger partial charge in [0.15, 0.2) is 5.78 Å². The monoisotopic (exact) mass is 423 g/mol. The summed E-state index contributed by atoms with van der Waals surface area (Å²) in [5.41, 5.74) is 3.61. The first-order valence-corrected chi connectivity index (χ1v) is 10.5. The molecular formula is C23H22ClN3O3. The van der Waals surface area contributed by atoms with Crippen molar-refractivity contribution in [1.29, 1.82) is 0 Å². The molecule has 0 aliphatic carbocycles. The van der Waals surface area contributed by atoms with Crippen LogP contribution in [0.2, 0.25) is 5.02 Å². The molecule has 5 rings (SSSR count). The van der Waals surface area contributed by atoms with Gasteiger partial charge in [0.05, 0.1) is 28.7 Å². The van der Waals surface area contributed by atoms with Gasteiger partial charge in [0.2, 0.25) is 0 Å². The topological polar surface area (TPSA) is 75.3 Å². The lowest BCUT2D eigenvalue weighted by Gasteiger charge is -2.44. The van der Waals surface area contributed by atoms with Crippen LogP contribution in [0.5, 0.6) is 5.75 Å². The maximum atomic E-state index is 13.1. The van der Waals surface area contributed by atoms with Crippen molar-refractivity contribution in [2.24, 2.45) is 0 Å². The number of halogens is 1. The molecule has 2 aliphatic rings. The summed E-state index contributed by atoms with van der Waals surface area (Å²) < 4.78 is 6.37. The Hall–Kier alpha value is -2.86. The summed E-state index contributed by atoms with van der Waals surface area (Å²) in [5.74, 6) is 0.728. The molecule has 0 atom stereocenters. The van der Waals surface area contributed by atoms with E-state index in [0.717, 1.165) is 22.0 Å². The Morgan fingerprint density at radius 1 is 1.17 bits per heavy atom. The molecule has 0 radical (unpaired) electrons. The second-order valence-corrected chi connectivity index (χ2v) is 8.81. The lowest BCUT2D eigenvalue weighted by molar-refractivity contribution is -0.00575. The second-order valence-electron chi connectivity index (χ2n) is 8.40. The highest BCUT2D eigenvalue weighted by atomic mass is 35.5. The number of H-pyrrole nitrogens is 1. The van der Waals surface area contributed by atoms with E-state index in [9.17, 15) is 9.59 Å². The fourth-order valence-corrected chi connectivity index (χ4v) is 4.73. The molecule has 1 aromatic heterocycles. The molecule has 1 spiro atoms. The molecular weight excluding hydrogens is 402 g/mol. The number of carbonyl (C=O) groups is 2. The van der Waals surface area contributed by atoms with E-state index in [1.807, 2.05) is 30.9 Å². The van der Waals surface area contributed by atoms with E-state index < -0.39 is 5.60 Å². The fourth-order valence-electron chi connectivity index (χ4n) is 4.47. The van der Waals surface area contributed by atoms with Gasteiger partial charge in [-0.2, -0.15) is 5.10 Å². The summed E-state index contributed by atoms with van der Waals surface area (Å²) in [6, 6.07) is 7.37. The van der Waals surface area contributed by atoms with Crippen LogP contribution in [0.3, 0.4) is 0 Å². The molecule has 2 aromatic carbocycles. The molecule has 154 valence electrons. The number of carbonyl (C=O) groups excluding carboxylic acids is 2. The normalized spacial score (nSPS) is 17.8. The van der Waals surface area contributed by atoms with Gasteiger partial charge in [0.1, 0.15) is 11.4 Å². The van der Waals surface area contributed by atoms with Crippen LogP contribution in [0.1, 0.15) is 51.1 Å². The molecule has 0 unspecified atom stereocenters. The Bertz CT molecular complexity index is 1190. The number of fused-ring (bicyclic) bond motifs is 2. The SMILES string of the molecule is Cc1cc2c(cc1C)C(=O)CC1(CCN(C(=O)c3cc(Cl)c4[nH]ncc4c3)CC1)O2. The Morgan fingerprint density at radius 3 is 2.67 bits per heavy atom. The van der Waals surface area contributed by atoms with Crippen molar-refractivity contribution in [2.75, 3.05) is 13.1 Å². The average molecular weight is 424 g/mol. The van der Waals surface area contributed by atoms with Crippen LogP contribution < -0.4 is 4.74 Å². The van der Waals surface area contributed by atoms with Crippen molar-refractivity contribution in [2.45, 2.75) is 38.7 Å². The molecule has 1 fully saturated rings. The Balaban J connectivity index is 1.35. The van der Waals surface area contributed by atoms with Gasteiger partial charge >= 0.3 is 0 Å². The number of ketones is 1. The molecule has 6 nitrogen and oxygen atoms in total. The zero-order valence-corrected chi connectivity index (χ0v) is 17.7. The minimum absolute atomic E-state index is 0.0659. The number of aromatic nitrogens is 2. The molecule has 1 amide bonds. The van der Waals surface area contributed by atoms with E-state index in [2.05, 4.69) is 10.2 Å². The van der Waals surface area contributed by atoms with Gasteiger partial charge < -0.3 is 9.64 Å². The lowest BCUT2D eigenvalue weighted by atomic mass is 9.81. The van der Waals surface area contributed by atoms with Crippen molar-refractivity contribution in [3.63, 3.8) is 0 Å². The summed E-state index contributed by atoms with van der Waals surface area (Å²) in [7, 11) is 0. The molecule has 1 saturated heterocycles. The summed E-state index contributed by atoms with van der Waals surface area (Å²) in [5, 5.41) is 8.11. The number of aromatic amines is 1. The number of hydrogen-bond acceptors (Lipinski definition) is 4. The minimum Gasteiger partial charge on any atom is -0.486 e. The number of nitrogens with one attached hydrogen (secondary N) is 1. The highest BCUT2D eigenvalue weighted by Gasteiger charge is 2.44. The van der Waals surface area contributed by atoms with Gasteiger partial charge in [0.25, 0.3) is 5.91 Å². The van der Waals surface area contributed by atoms with Crippen LogP contribution in [0.25, 0.3) is 10.9 Å². The summed E-state index contributed by atoms with van der Waals surface area (Å²) >= 11 is 6.29. The van der Waals surface area contributed by atoms with E-state index in [0.29, 0.717) is 54.3 Å². The van der Waals surface area contributed by atoms with Crippen molar-refractivity contribution >= 4 is 34.2 Å². The van der Waals surface area contributed by atoms with Gasteiger partial charge in [-0.3, -0.25) is 14.7 Å². The van der Waals surface area contributed by atoms with E-state index >= 15 is 0 Å². The van der Waals surface area contributed by atoms with Gasteiger partial charge in [-0.25, -0.2) is 0 Å². The van der Waals surface area contributed by atoms with Crippen LogP contribution in [0.4, 0.5) is 0 Å². The largest absolute Gasteiger partial charge is 0.486 e. The van der Waals surface area contributed by atoms with Crippen molar-refractivity contribution in [3.05, 3.63) is 57.7 Å². The van der Waals surface area contributed by atoms with E-state index in [1.54, 1.807) is 18.3 Å². The first kappa shape index (κ1) is 19.1. The van der Waals surface area contributed by atoms with Gasteiger partial charge in [-0.05, 0) is 49.2 Å². The summed E-state index contributed by atoms with van der Waals surface area (Å²) in [6.07, 6.45) is 3.26. The zero-order valence-electron chi connectivity index (χ0n) is 16.9. The number of aryl methyl sites for hydroxylation is 2. The van der Waals surface area contributed by atoms with Gasteiger partial charge in [0, 0.05) is 36.9 Å². The van der Waals surface area contributed by atoms with Crippen molar-refractivity contribution < 1.29 is 14.3 Å². The molecule has 3 heterocycles. The number of rotatable bonds is 1. The number of amides is 1. The third-order valence-corrected chi connectivity index (χ3v) is 6.71. The molecule has 0 saturated carbocycles. The Morgan fingerprint density at radius 2 is 1.90 bits per heavy atom. The third kappa shape index (κ3) is 3.06. The molecule has 7 heteroatoms. The predicted molar refractivity (Wildman–Crippen MR) is 114 cm³/mol. The highest BCUT2D eigenvalue weighted by molar-refractivity contribution is 6.35. The van der Waals surface area contributed by atoms with Crippen molar-refractivity contribution in [3.8, 4) is 5.75 Å². The summed E-state index contributed by atoms with van der Waals surface area (Å²) in [6.45, 7) is 5.10. The smallest absolute Gasteiger partial charge is 0.253 e. The Labute approximate surface area is 179 Å². The number of nitrogens with zero attached hydrogens (tertiary/aromatic N) is 2. The van der Waals surface area contributed by atoms with Crippen LogP contribution in [0, 0.1) is 13.8 Å². The van der Waals surface area contributed by atoms with Gasteiger partial charge in [-0.1, -0.05) is 11.6 Å². The predicted octanol–water partition coefficient (Wildman–Crippen LogP) is 4.47. The second kappa shape index (κ2) is 6.84. The van der Waals surface area contributed by atoms with Crippen LogP contribution in [0.15, 0.2) is 30.5 Å².